The van der Waals surface area contributed by atoms with E-state index in [-0.39, 0.29) is 11.4 Å². The second kappa shape index (κ2) is 7.21. The van der Waals surface area contributed by atoms with Crippen molar-refractivity contribution in [3.8, 4) is 0 Å². The van der Waals surface area contributed by atoms with Gasteiger partial charge in [0.2, 0.25) is 5.91 Å². The summed E-state index contributed by atoms with van der Waals surface area (Å²) in [5.74, 6) is 3.66. The minimum atomic E-state index is 0.0437. The zero-order valence-electron chi connectivity index (χ0n) is 18.1. The average molecular weight is 428 g/mol. The number of nitrogens with zero attached hydrogens (tertiary/aromatic N) is 2. The molecule has 5 fully saturated rings. The molecule has 1 spiro atoms. The third-order valence-corrected chi connectivity index (χ3v) is 9.62. The van der Waals surface area contributed by atoms with Gasteiger partial charge in [-0.2, -0.15) is 0 Å². The van der Waals surface area contributed by atoms with E-state index in [1.54, 1.807) is 0 Å². The first-order chi connectivity index (χ1) is 14.5. The van der Waals surface area contributed by atoms with E-state index in [1.807, 2.05) is 6.07 Å². The van der Waals surface area contributed by atoms with Crippen LogP contribution in [0.15, 0.2) is 18.2 Å². The van der Waals surface area contributed by atoms with Crippen LogP contribution in [0, 0.1) is 23.7 Å². The van der Waals surface area contributed by atoms with Gasteiger partial charge in [-0.15, -0.1) is 0 Å². The minimum absolute atomic E-state index is 0.0437. The molecule has 30 heavy (non-hydrogen) atoms. The van der Waals surface area contributed by atoms with Crippen LogP contribution >= 0.6 is 11.6 Å². The molecular formula is C25H34ClN3O. The highest BCUT2D eigenvalue weighted by molar-refractivity contribution is 6.31. The number of halogens is 1. The Morgan fingerprint density at radius 1 is 1.10 bits per heavy atom. The molecule has 1 saturated heterocycles. The summed E-state index contributed by atoms with van der Waals surface area (Å²) < 4.78 is 0. The largest absolute Gasteiger partial charge is 0.352 e. The van der Waals surface area contributed by atoms with Crippen LogP contribution in [0.3, 0.4) is 0 Å². The van der Waals surface area contributed by atoms with E-state index in [0.717, 1.165) is 61.2 Å². The number of nitrogens with one attached hydrogen (secondary N) is 1. The van der Waals surface area contributed by atoms with Gasteiger partial charge in [0.25, 0.3) is 0 Å². The molecule has 2 aliphatic heterocycles. The average Bonchev–Trinajstić information content (AvgIpc) is 2.98. The second-order valence-electron chi connectivity index (χ2n) is 11.0. The molecule has 1 aromatic rings. The van der Waals surface area contributed by atoms with Crippen molar-refractivity contribution in [2.45, 2.75) is 63.1 Å². The lowest BCUT2D eigenvalue weighted by Crippen LogP contribution is -2.57. The van der Waals surface area contributed by atoms with Gasteiger partial charge in [-0.25, -0.2) is 0 Å². The smallest absolute Gasteiger partial charge is 0.234 e. The molecule has 1 aromatic carbocycles. The van der Waals surface area contributed by atoms with E-state index in [9.17, 15) is 4.79 Å². The van der Waals surface area contributed by atoms with Crippen molar-refractivity contribution in [3.05, 3.63) is 34.3 Å². The van der Waals surface area contributed by atoms with Crippen LogP contribution in [0.5, 0.6) is 0 Å². The number of carbonyl (C=O) groups excluding carboxylic acids is 1. The fraction of sp³-hybridized carbons (Fsp3) is 0.720. The fourth-order valence-corrected chi connectivity index (χ4v) is 8.50. The summed E-state index contributed by atoms with van der Waals surface area (Å²) in [6.45, 7) is 3.45. The van der Waals surface area contributed by atoms with Crippen LogP contribution in [0.1, 0.15) is 56.1 Å². The number of likely N-dealkylation sites (tertiary alicyclic amines) is 1. The lowest BCUT2D eigenvalue weighted by Gasteiger charge is -2.54. The van der Waals surface area contributed by atoms with Crippen LogP contribution in [-0.2, 0) is 16.9 Å². The van der Waals surface area contributed by atoms with Gasteiger partial charge in [0.05, 0.1) is 12.1 Å². The van der Waals surface area contributed by atoms with Gasteiger partial charge in [0, 0.05) is 30.7 Å². The molecule has 0 aromatic heterocycles. The lowest BCUT2D eigenvalue weighted by molar-refractivity contribution is -0.126. The molecule has 4 nitrogen and oxygen atoms in total. The Bertz CT molecular complexity index is 819. The van der Waals surface area contributed by atoms with E-state index in [4.69, 9.17) is 11.6 Å². The first-order valence-corrected chi connectivity index (χ1v) is 12.4. The maximum atomic E-state index is 12.9. The summed E-state index contributed by atoms with van der Waals surface area (Å²) in [6, 6.07) is 6.77. The summed E-state index contributed by atoms with van der Waals surface area (Å²) in [4.78, 5) is 17.8. The molecule has 0 unspecified atom stereocenters. The first-order valence-electron chi connectivity index (χ1n) is 12.0. The summed E-state index contributed by atoms with van der Waals surface area (Å²) in [5, 5.41) is 4.40. The van der Waals surface area contributed by atoms with E-state index in [1.165, 1.54) is 43.2 Å². The van der Waals surface area contributed by atoms with Crippen LogP contribution in [0.2, 0.25) is 5.02 Å². The van der Waals surface area contributed by atoms with Crippen LogP contribution in [0.25, 0.3) is 0 Å². The SMILES string of the molecule is CN1Cc2cccc(Cl)c2C12CCN(CC(=O)NC1C3CC4CC(C3)CC1C4)CC2. The summed E-state index contributed by atoms with van der Waals surface area (Å²) >= 11 is 6.64. The number of fused-ring (bicyclic) bond motifs is 2. The van der Waals surface area contributed by atoms with E-state index in [0.29, 0.717) is 12.6 Å². The van der Waals surface area contributed by atoms with Crippen LogP contribution in [-0.4, -0.2) is 48.4 Å². The van der Waals surface area contributed by atoms with Crippen molar-refractivity contribution in [2.24, 2.45) is 23.7 Å². The Morgan fingerprint density at radius 2 is 1.77 bits per heavy atom. The van der Waals surface area contributed by atoms with Crippen molar-refractivity contribution < 1.29 is 4.79 Å². The highest BCUT2D eigenvalue weighted by atomic mass is 35.5. The molecule has 4 bridgehead atoms. The van der Waals surface area contributed by atoms with Gasteiger partial charge in [0.1, 0.15) is 0 Å². The van der Waals surface area contributed by atoms with E-state index in [2.05, 4.69) is 34.3 Å². The lowest BCUT2D eigenvalue weighted by atomic mass is 9.54. The summed E-state index contributed by atoms with van der Waals surface area (Å²) in [7, 11) is 2.23. The van der Waals surface area contributed by atoms with Gasteiger partial charge in [-0.05, 0) is 92.9 Å². The summed E-state index contributed by atoms with van der Waals surface area (Å²) in [6.07, 6.45) is 8.99. The molecule has 2 heterocycles. The molecule has 4 aliphatic carbocycles. The van der Waals surface area contributed by atoms with Gasteiger partial charge in [0.15, 0.2) is 0 Å². The number of carbonyl (C=O) groups is 1. The van der Waals surface area contributed by atoms with Crippen molar-refractivity contribution in [3.63, 3.8) is 0 Å². The monoisotopic (exact) mass is 427 g/mol. The topological polar surface area (TPSA) is 35.6 Å². The maximum absolute atomic E-state index is 12.9. The fourth-order valence-electron chi connectivity index (χ4n) is 8.13. The third-order valence-electron chi connectivity index (χ3n) is 9.31. The van der Waals surface area contributed by atoms with E-state index < -0.39 is 0 Å². The zero-order chi connectivity index (χ0) is 20.5. The Labute approximate surface area is 185 Å². The quantitative estimate of drug-likeness (QED) is 0.791. The minimum Gasteiger partial charge on any atom is -0.352 e. The Hall–Kier alpha value is -1.10. The molecular weight excluding hydrogens is 394 g/mol. The highest BCUT2D eigenvalue weighted by Gasteiger charge is 2.49. The van der Waals surface area contributed by atoms with Crippen LogP contribution < -0.4 is 5.32 Å². The molecule has 4 saturated carbocycles. The van der Waals surface area contributed by atoms with Crippen molar-refractivity contribution >= 4 is 17.5 Å². The van der Waals surface area contributed by atoms with Crippen molar-refractivity contribution in [2.75, 3.05) is 26.7 Å². The molecule has 5 heteroatoms. The molecule has 1 N–H and O–H groups in total. The number of rotatable bonds is 3. The van der Waals surface area contributed by atoms with Gasteiger partial charge < -0.3 is 5.32 Å². The predicted molar refractivity (Wildman–Crippen MR) is 119 cm³/mol. The van der Waals surface area contributed by atoms with Crippen molar-refractivity contribution in [1.82, 2.24) is 15.1 Å². The zero-order valence-corrected chi connectivity index (χ0v) is 18.8. The van der Waals surface area contributed by atoms with E-state index >= 15 is 0 Å². The number of hydrogen-bond donors (Lipinski definition) is 1. The van der Waals surface area contributed by atoms with Gasteiger partial charge >= 0.3 is 0 Å². The Balaban J connectivity index is 1.08. The standard InChI is InChI=1S/C25H34ClN3O/c1-28-14-18-3-2-4-21(26)23(18)25(28)5-7-29(8-6-25)15-22(30)27-24-19-10-16-9-17(12-19)13-20(24)11-16/h2-4,16-17,19-20,24H,5-15H2,1H3,(H,27,30). The second-order valence-corrected chi connectivity index (χ2v) is 11.4. The number of hydrogen-bond acceptors (Lipinski definition) is 3. The van der Waals surface area contributed by atoms with Gasteiger partial charge in [-0.3, -0.25) is 14.6 Å². The molecule has 0 atom stereocenters. The molecule has 0 radical (unpaired) electrons. The number of benzene rings is 1. The molecule has 1 amide bonds. The van der Waals surface area contributed by atoms with Crippen molar-refractivity contribution in [1.29, 1.82) is 0 Å². The third kappa shape index (κ3) is 3.05. The highest BCUT2D eigenvalue weighted by Crippen LogP contribution is 2.53. The van der Waals surface area contributed by atoms with Gasteiger partial charge in [-0.1, -0.05) is 23.7 Å². The molecule has 7 rings (SSSR count). The number of amides is 1. The Morgan fingerprint density at radius 3 is 2.43 bits per heavy atom. The van der Waals surface area contributed by atoms with Crippen LogP contribution in [0.4, 0.5) is 0 Å². The molecule has 6 aliphatic rings. The summed E-state index contributed by atoms with van der Waals surface area (Å²) in [5.41, 5.74) is 2.76. The Kier molecular flexibility index (Phi) is 4.71. The molecule has 162 valence electrons. The number of piperidine rings is 1. The predicted octanol–water partition coefficient (Wildman–Crippen LogP) is 4.02. The maximum Gasteiger partial charge on any atom is 0.234 e. The normalized spacial score (nSPS) is 36.9. The first kappa shape index (κ1) is 19.6.